The molecule has 0 fully saturated rings. The van der Waals surface area contributed by atoms with E-state index in [2.05, 4.69) is 10.3 Å². The quantitative estimate of drug-likeness (QED) is 0.553. The Bertz CT molecular complexity index is 1060. The van der Waals surface area contributed by atoms with Crippen LogP contribution >= 0.6 is 11.3 Å². The smallest absolute Gasteiger partial charge is 0.268 e. The first-order chi connectivity index (χ1) is 12.2. The predicted molar refractivity (Wildman–Crippen MR) is 101 cm³/mol. The van der Waals surface area contributed by atoms with Crippen molar-refractivity contribution in [2.75, 3.05) is 5.32 Å². The van der Waals surface area contributed by atoms with Crippen molar-refractivity contribution in [2.45, 2.75) is 0 Å². The molecule has 0 unspecified atom stereocenters. The minimum atomic E-state index is -0.211. The molecule has 0 aliphatic heterocycles. The molecule has 0 spiro atoms. The van der Waals surface area contributed by atoms with Crippen LogP contribution in [0.5, 0.6) is 5.75 Å². The number of nitrogens with zero attached hydrogens (tertiary/aromatic N) is 1. The van der Waals surface area contributed by atoms with Crippen molar-refractivity contribution in [1.82, 2.24) is 4.98 Å². The van der Waals surface area contributed by atoms with Crippen LogP contribution in [0.25, 0.3) is 22.0 Å². The van der Waals surface area contributed by atoms with E-state index in [1.165, 1.54) is 11.3 Å². The second-order valence-electron chi connectivity index (χ2n) is 5.53. The van der Waals surface area contributed by atoms with Gasteiger partial charge in [0, 0.05) is 22.0 Å². The number of hydrogen-bond donors (Lipinski definition) is 2. The number of hydrogen-bond acceptors (Lipinski definition) is 4. The highest BCUT2D eigenvalue weighted by Crippen LogP contribution is 2.31. The van der Waals surface area contributed by atoms with E-state index in [1.54, 1.807) is 17.6 Å². The minimum absolute atomic E-state index is 0.191. The van der Waals surface area contributed by atoms with E-state index in [1.807, 2.05) is 54.6 Å². The summed E-state index contributed by atoms with van der Waals surface area (Å²) >= 11 is 1.31. The number of aromatic nitrogens is 1. The molecule has 4 rings (SSSR count). The van der Waals surface area contributed by atoms with Crippen LogP contribution in [0, 0.1) is 0 Å². The summed E-state index contributed by atoms with van der Waals surface area (Å²) in [5.74, 6) is -0.0199. The molecule has 0 aliphatic carbocycles. The molecule has 25 heavy (non-hydrogen) atoms. The number of amides is 1. The zero-order chi connectivity index (χ0) is 17.2. The number of phenolic OH excluding ortho intramolecular Hbond substituents is 1. The van der Waals surface area contributed by atoms with Gasteiger partial charge in [0.15, 0.2) is 0 Å². The third-order valence-corrected chi connectivity index (χ3v) is 4.79. The van der Waals surface area contributed by atoms with Gasteiger partial charge in [0.1, 0.15) is 10.6 Å². The van der Waals surface area contributed by atoms with Gasteiger partial charge in [-0.2, -0.15) is 0 Å². The summed E-state index contributed by atoms with van der Waals surface area (Å²) in [5.41, 5.74) is 3.91. The molecule has 0 aliphatic rings. The second-order valence-corrected chi connectivity index (χ2v) is 6.38. The number of fused-ring (bicyclic) bond motifs is 1. The van der Waals surface area contributed by atoms with E-state index in [0.717, 1.165) is 10.9 Å². The first-order valence-corrected chi connectivity index (χ1v) is 8.63. The molecule has 4 nitrogen and oxygen atoms in total. The van der Waals surface area contributed by atoms with Crippen LogP contribution in [0.2, 0.25) is 0 Å². The Morgan fingerprint density at radius 2 is 1.68 bits per heavy atom. The molecule has 5 heteroatoms. The van der Waals surface area contributed by atoms with Crippen molar-refractivity contribution in [3.63, 3.8) is 0 Å². The molecule has 0 atom stereocenters. The van der Waals surface area contributed by atoms with Crippen molar-refractivity contribution in [3.05, 3.63) is 77.1 Å². The second kappa shape index (κ2) is 6.37. The third-order valence-electron chi connectivity index (χ3n) is 3.97. The number of aromatic hydroxyl groups is 1. The lowest BCUT2D eigenvalue weighted by Gasteiger charge is -2.09. The van der Waals surface area contributed by atoms with Crippen molar-refractivity contribution in [3.8, 4) is 17.0 Å². The van der Waals surface area contributed by atoms with Crippen LogP contribution in [0.1, 0.15) is 9.67 Å². The normalized spacial score (nSPS) is 10.7. The molecular weight excluding hydrogens is 332 g/mol. The van der Waals surface area contributed by atoms with Gasteiger partial charge >= 0.3 is 0 Å². The van der Waals surface area contributed by atoms with Crippen LogP contribution in [-0.2, 0) is 0 Å². The van der Waals surface area contributed by atoms with Gasteiger partial charge in [0.2, 0.25) is 0 Å². The summed E-state index contributed by atoms with van der Waals surface area (Å²) < 4.78 is 0. The summed E-state index contributed by atoms with van der Waals surface area (Å²) in [6.07, 6.45) is 0. The van der Waals surface area contributed by atoms with E-state index in [4.69, 9.17) is 0 Å². The SMILES string of the molecule is O=C(Nc1cccc2c(O)cccc12)c1scnc1-c1ccccc1. The van der Waals surface area contributed by atoms with Crippen molar-refractivity contribution < 1.29 is 9.90 Å². The zero-order valence-corrected chi connectivity index (χ0v) is 14.0. The van der Waals surface area contributed by atoms with Gasteiger partial charge in [-0.05, 0) is 12.1 Å². The van der Waals surface area contributed by atoms with Crippen LogP contribution in [0.15, 0.2) is 72.2 Å². The van der Waals surface area contributed by atoms with Gasteiger partial charge in [0.05, 0.1) is 11.2 Å². The molecule has 1 heterocycles. The summed E-state index contributed by atoms with van der Waals surface area (Å²) in [7, 11) is 0. The van der Waals surface area contributed by atoms with Crippen LogP contribution in [0.4, 0.5) is 5.69 Å². The minimum Gasteiger partial charge on any atom is -0.507 e. The first kappa shape index (κ1) is 15.4. The lowest BCUT2D eigenvalue weighted by atomic mass is 10.1. The average molecular weight is 346 g/mol. The Morgan fingerprint density at radius 1 is 0.920 bits per heavy atom. The van der Waals surface area contributed by atoms with Crippen LogP contribution in [0.3, 0.4) is 0 Å². The maximum atomic E-state index is 12.8. The maximum Gasteiger partial charge on any atom is 0.268 e. The molecule has 1 amide bonds. The van der Waals surface area contributed by atoms with Crippen molar-refractivity contribution in [1.29, 1.82) is 0 Å². The molecule has 4 aromatic rings. The van der Waals surface area contributed by atoms with E-state index < -0.39 is 0 Å². The van der Waals surface area contributed by atoms with E-state index in [0.29, 0.717) is 21.6 Å². The van der Waals surface area contributed by atoms with Crippen molar-refractivity contribution in [2.24, 2.45) is 0 Å². The molecule has 0 saturated carbocycles. The van der Waals surface area contributed by atoms with Crippen molar-refractivity contribution >= 4 is 33.7 Å². The fourth-order valence-electron chi connectivity index (χ4n) is 2.79. The molecule has 0 radical (unpaired) electrons. The fraction of sp³-hybridized carbons (Fsp3) is 0. The first-order valence-electron chi connectivity index (χ1n) is 7.75. The van der Waals surface area contributed by atoms with E-state index in [-0.39, 0.29) is 11.7 Å². The van der Waals surface area contributed by atoms with Gasteiger partial charge in [-0.3, -0.25) is 4.79 Å². The van der Waals surface area contributed by atoms with Gasteiger partial charge in [-0.25, -0.2) is 4.98 Å². The Labute approximate surface area is 148 Å². The number of thiazole rings is 1. The number of phenols is 1. The topological polar surface area (TPSA) is 62.2 Å². The highest BCUT2D eigenvalue weighted by Gasteiger charge is 2.17. The average Bonchev–Trinajstić information content (AvgIpc) is 3.13. The summed E-state index contributed by atoms with van der Waals surface area (Å²) in [6.45, 7) is 0. The number of rotatable bonds is 3. The monoisotopic (exact) mass is 346 g/mol. The Balaban J connectivity index is 1.71. The van der Waals surface area contributed by atoms with Crippen LogP contribution < -0.4 is 5.32 Å². The molecule has 2 N–H and O–H groups in total. The summed E-state index contributed by atoms with van der Waals surface area (Å²) in [5, 5.41) is 14.4. The fourth-order valence-corrected chi connectivity index (χ4v) is 3.49. The lowest BCUT2D eigenvalue weighted by Crippen LogP contribution is -2.11. The van der Waals surface area contributed by atoms with Gasteiger partial charge in [-0.1, -0.05) is 54.6 Å². The Hall–Kier alpha value is -3.18. The third kappa shape index (κ3) is 2.86. The number of anilines is 1. The number of nitrogens with one attached hydrogen (secondary N) is 1. The van der Waals surface area contributed by atoms with Gasteiger partial charge < -0.3 is 10.4 Å². The Morgan fingerprint density at radius 3 is 2.52 bits per heavy atom. The molecule has 0 bridgehead atoms. The zero-order valence-electron chi connectivity index (χ0n) is 13.1. The molecule has 0 saturated heterocycles. The maximum absolute atomic E-state index is 12.8. The molecule has 1 aromatic heterocycles. The number of benzene rings is 3. The number of carbonyl (C=O) groups is 1. The van der Waals surface area contributed by atoms with Crippen LogP contribution in [-0.4, -0.2) is 16.0 Å². The highest BCUT2D eigenvalue weighted by molar-refractivity contribution is 7.12. The van der Waals surface area contributed by atoms with Gasteiger partial charge in [-0.15, -0.1) is 11.3 Å². The lowest BCUT2D eigenvalue weighted by molar-refractivity contribution is 0.103. The Kier molecular flexibility index (Phi) is 3.91. The standard InChI is InChI=1S/C20H14N2O2S/c23-17-11-5-8-14-15(17)9-4-10-16(14)22-20(24)19-18(21-12-25-19)13-6-2-1-3-7-13/h1-12,23H,(H,22,24). The van der Waals surface area contributed by atoms with E-state index in [9.17, 15) is 9.90 Å². The molecule has 122 valence electrons. The summed E-state index contributed by atoms with van der Waals surface area (Å²) in [6, 6.07) is 20.3. The number of carbonyl (C=O) groups excluding carboxylic acids is 1. The summed E-state index contributed by atoms with van der Waals surface area (Å²) in [4.78, 5) is 17.7. The van der Waals surface area contributed by atoms with Gasteiger partial charge in [0.25, 0.3) is 5.91 Å². The molecule has 3 aromatic carbocycles. The highest BCUT2D eigenvalue weighted by atomic mass is 32.1. The largest absolute Gasteiger partial charge is 0.507 e. The van der Waals surface area contributed by atoms with E-state index >= 15 is 0 Å². The predicted octanol–water partition coefficient (Wildman–Crippen LogP) is 4.92. The molecular formula is C20H14N2O2S.